The Hall–Kier alpha value is -1.94. The number of hydrogen-bond acceptors (Lipinski definition) is 4. The SMILES string of the molecule is Cc1cnc(C2CC2)c(NC2c3ccccc3CC2O)n1. The van der Waals surface area contributed by atoms with Crippen molar-refractivity contribution >= 4 is 5.82 Å². The van der Waals surface area contributed by atoms with Crippen LogP contribution in [-0.4, -0.2) is 21.2 Å². The van der Waals surface area contributed by atoms with E-state index in [4.69, 9.17) is 0 Å². The topological polar surface area (TPSA) is 58.0 Å². The third-order valence-electron chi connectivity index (χ3n) is 4.38. The molecule has 2 aromatic rings. The van der Waals surface area contributed by atoms with Crippen molar-refractivity contribution in [1.82, 2.24) is 9.97 Å². The number of hydrogen-bond donors (Lipinski definition) is 2. The predicted molar refractivity (Wildman–Crippen MR) is 81.3 cm³/mol. The molecular weight excluding hydrogens is 262 g/mol. The van der Waals surface area contributed by atoms with Crippen molar-refractivity contribution in [2.24, 2.45) is 0 Å². The molecule has 0 aliphatic heterocycles. The summed E-state index contributed by atoms with van der Waals surface area (Å²) in [4.78, 5) is 9.18. The fourth-order valence-electron chi connectivity index (χ4n) is 3.14. The van der Waals surface area contributed by atoms with Crippen molar-refractivity contribution < 1.29 is 5.11 Å². The van der Waals surface area contributed by atoms with Crippen molar-refractivity contribution in [3.05, 3.63) is 53.0 Å². The Morgan fingerprint density at radius 1 is 1.24 bits per heavy atom. The van der Waals surface area contributed by atoms with Gasteiger partial charge in [-0.2, -0.15) is 0 Å². The Morgan fingerprint density at radius 2 is 2.05 bits per heavy atom. The van der Waals surface area contributed by atoms with E-state index in [1.54, 1.807) is 0 Å². The fraction of sp³-hybridized carbons (Fsp3) is 0.412. The third kappa shape index (κ3) is 2.29. The minimum absolute atomic E-state index is 0.0881. The molecule has 0 amide bonds. The molecule has 2 aliphatic rings. The van der Waals surface area contributed by atoms with E-state index < -0.39 is 6.10 Å². The maximum absolute atomic E-state index is 10.4. The van der Waals surface area contributed by atoms with Crippen molar-refractivity contribution in [1.29, 1.82) is 0 Å². The Morgan fingerprint density at radius 3 is 2.86 bits per heavy atom. The van der Waals surface area contributed by atoms with Crippen LogP contribution < -0.4 is 5.32 Å². The van der Waals surface area contributed by atoms with Gasteiger partial charge in [0.2, 0.25) is 0 Å². The molecule has 2 aliphatic carbocycles. The van der Waals surface area contributed by atoms with E-state index in [9.17, 15) is 5.11 Å². The summed E-state index contributed by atoms with van der Waals surface area (Å²) in [5.41, 5.74) is 4.35. The molecule has 1 aromatic heterocycles. The molecule has 4 nitrogen and oxygen atoms in total. The number of nitrogens with zero attached hydrogens (tertiary/aromatic N) is 2. The Labute approximate surface area is 124 Å². The molecule has 1 fully saturated rings. The van der Waals surface area contributed by atoms with E-state index in [1.165, 1.54) is 24.0 Å². The zero-order valence-corrected chi connectivity index (χ0v) is 12.1. The van der Waals surface area contributed by atoms with Gasteiger partial charge in [-0.25, -0.2) is 4.98 Å². The second-order valence-corrected chi connectivity index (χ2v) is 6.11. The van der Waals surface area contributed by atoms with Gasteiger partial charge >= 0.3 is 0 Å². The highest BCUT2D eigenvalue weighted by Gasteiger charge is 2.34. The second kappa shape index (κ2) is 4.81. The number of benzene rings is 1. The van der Waals surface area contributed by atoms with Crippen molar-refractivity contribution in [3.8, 4) is 0 Å². The van der Waals surface area contributed by atoms with Gasteiger partial charge < -0.3 is 10.4 Å². The summed E-state index contributed by atoms with van der Waals surface area (Å²) in [5, 5.41) is 13.8. The maximum Gasteiger partial charge on any atom is 0.148 e. The average Bonchev–Trinajstić information content (AvgIpc) is 3.26. The summed E-state index contributed by atoms with van der Waals surface area (Å²) in [6.07, 6.45) is 4.51. The molecule has 0 radical (unpaired) electrons. The lowest BCUT2D eigenvalue weighted by Crippen LogP contribution is -2.22. The van der Waals surface area contributed by atoms with E-state index in [0.717, 1.165) is 17.2 Å². The minimum Gasteiger partial charge on any atom is -0.390 e. The van der Waals surface area contributed by atoms with Crippen LogP contribution in [0.25, 0.3) is 0 Å². The first-order valence-electron chi connectivity index (χ1n) is 7.58. The number of nitrogens with one attached hydrogen (secondary N) is 1. The number of rotatable bonds is 3. The van der Waals surface area contributed by atoms with Gasteiger partial charge in [-0.15, -0.1) is 0 Å². The second-order valence-electron chi connectivity index (χ2n) is 6.11. The molecule has 0 saturated heterocycles. The average molecular weight is 281 g/mol. The molecule has 4 rings (SSSR count). The zero-order valence-electron chi connectivity index (χ0n) is 12.1. The van der Waals surface area contributed by atoms with Gasteiger partial charge in [-0.1, -0.05) is 24.3 Å². The molecule has 0 spiro atoms. The molecule has 108 valence electrons. The lowest BCUT2D eigenvalue weighted by Gasteiger charge is -2.20. The number of aryl methyl sites for hydroxylation is 1. The first-order chi connectivity index (χ1) is 10.2. The van der Waals surface area contributed by atoms with E-state index in [-0.39, 0.29) is 6.04 Å². The molecule has 2 unspecified atom stereocenters. The van der Waals surface area contributed by atoms with Crippen LogP contribution in [0.1, 0.15) is 47.3 Å². The van der Waals surface area contributed by atoms with Gasteiger partial charge in [0.1, 0.15) is 5.82 Å². The van der Waals surface area contributed by atoms with Gasteiger partial charge in [-0.05, 0) is 30.9 Å². The van der Waals surface area contributed by atoms with Gasteiger partial charge in [0, 0.05) is 18.5 Å². The van der Waals surface area contributed by atoms with Crippen molar-refractivity contribution in [2.75, 3.05) is 5.32 Å². The summed E-state index contributed by atoms with van der Waals surface area (Å²) in [6.45, 7) is 1.95. The third-order valence-corrected chi connectivity index (χ3v) is 4.38. The van der Waals surface area contributed by atoms with Crippen LogP contribution in [0, 0.1) is 6.92 Å². The van der Waals surface area contributed by atoms with Crippen molar-refractivity contribution in [3.63, 3.8) is 0 Å². The zero-order chi connectivity index (χ0) is 14.4. The Kier molecular flexibility index (Phi) is 2.93. The minimum atomic E-state index is -0.406. The van der Waals surface area contributed by atoms with E-state index >= 15 is 0 Å². The molecule has 0 bridgehead atoms. The Bertz CT molecular complexity index is 681. The summed E-state index contributed by atoms with van der Waals surface area (Å²) < 4.78 is 0. The number of anilines is 1. The van der Waals surface area contributed by atoms with Crippen LogP contribution in [0.15, 0.2) is 30.5 Å². The van der Waals surface area contributed by atoms with Crippen LogP contribution in [0.5, 0.6) is 0 Å². The first kappa shape index (κ1) is 12.8. The van der Waals surface area contributed by atoms with Crippen LogP contribution in [-0.2, 0) is 6.42 Å². The molecule has 2 N–H and O–H groups in total. The molecule has 1 aromatic carbocycles. The van der Waals surface area contributed by atoms with E-state index in [1.807, 2.05) is 25.3 Å². The highest BCUT2D eigenvalue weighted by Crippen LogP contribution is 2.43. The fourth-order valence-corrected chi connectivity index (χ4v) is 3.14. The molecular formula is C17H19N3O. The molecule has 4 heteroatoms. The normalized spacial score (nSPS) is 23.9. The highest BCUT2D eigenvalue weighted by atomic mass is 16.3. The van der Waals surface area contributed by atoms with Crippen LogP contribution in [0.4, 0.5) is 5.82 Å². The molecule has 1 heterocycles. The van der Waals surface area contributed by atoms with Gasteiger partial charge in [-0.3, -0.25) is 4.98 Å². The lowest BCUT2D eigenvalue weighted by molar-refractivity contribution is 0.165. The quantitative estimate of drug-likeness (QED) is 0.908. The standard InChI is InChI=1S/C17H19N3O/c1-10-9-18-15(11-6-7-11)17(19-10)20-16-13-5-3-2-4-12(13)8-14(16)21/h2-5,9,11,14,16,21H,6-8H2,1H3,(H,19,20). The number of aliphatic hydroxyl groups excluding tert-OH is 1. The van der Waals surface area contributed by atoms with Crippen LogP contribution in [0.3, 0.4) is 0 Å². The monoisotopic (exact) mass is 281 g/mol. The first-order valence-corrected chi connectivity index (χ1v) is 7.58. The predicted octanol–water partition coefficient (Wildman–Crippen LogP) is 2.73. The van der Waals surface area contributed by atoms with Crippen LogP contribution >= 0.6 is 0 Å². The summed E-state index contributed by atoms with van der Waals surface area (Å²) in [6, 6.07) is 8.13. The maximum atomic E-state index is 10.4. The number of aromatic nitrogens is 2. The largest absolute Gasteiger partial charge is 0.390 e. The Balaban J connectivity index is 1.68. The summed E-state index contributed by atoms with van der Waals surface area (Å²) in [5.74, 6) is 1.38. The van der Waals surface area contributed by atoms with E-state index in [2.05, 4.69) is 27.4 Å². The van der Waals surface area contributed by atoms with Crippen molar-refractivity contribution in [2.45, 2.75) is 44.2 Å². The highest BCUT2D eigenvalue weighted by molar-refractivity contribution is 5.49. The van der Waals surface area contributed by atoms with Crippen LogP contribution in [0.2, 0.25) is 0 Å². The summed E-state index contributed by atoms with van der Waals surface area (Å²) >= 11 is 0. The molecule has 2 atom stereocenters. The molecule has 21 heavy (non-hydrogen) atoms. The van der Waals surface area contributed by atoms with E-state index in [0.29, 0.717) is 12.3 Å². The summed E-state index contributed by atoms with van der Waals surface area (Å²) in [7, 11) is 0. The van der Waals surface area contributed by atoms with Gasteiger partial charge in [0.15, 0.2) is 0 Å². The van der Waals surface area contributed by atoms with Gasteiger partial charge in [0.05, 0.1) is 23.5 Å². The van der Waals surface area contributed by atoms with Gasteiger partial charge in [0.25, 0.3) is 0 Å². The smallest absolute Gasteiger partial charge is 0.148 e. The number of fused-ring (bicyclic) bond motifs is 1. The number of aliphatic hydroxyl groups is 1. The molecule has 1 saturated carbocycles. The lowest BCUT2D eigenvalue weighted by atomic mass is 10.1.